The number of hydroxylamine groups is 2. The molecule has 12 nitrogen and oxygen atoms in total. The Morgan fingerprint density at radius 1 is 0.750 bits per heavy atom. The third kappa shape index (κ3) is 18.6. The summed E-state index contributed by atoms with van der Waals surface area (Å²) >= 11 is 11.9. The maximum absolute atomic E-state index is 8.44. The number of guanidine groups is 2. The molecule has 4 rings (SSSR count). The van der Waals surface area contributed by atoms with Crippen LogP contribution in [0.4, 0.5) is 0 Å². The Balaban J connectivity index is 0.000000377. The van der Waals surface area contributed by atoms with Crippen LogP contribution in [0, 0.1) is 0 Å². The molecular formula is C29H44Cl3N9O3. The Kier molecular flexibility index (Phi) is 22.5. The van der Waals surface area contributed by atoms with E-state index < -0.39 is 0 Å². The van der Waals surface area contributed by atoms with Crippen LogP contribution in [-0.4, -0.2) is 73.8 Å². The number of aliphatic hydroxyl groups is 1. The van der Waals surface area contributed by atoms with Crippen molar-refractivity contribution in [1.29, 1.82) is 0 Å². The van der Waals surface area contributed by atoms with Crippen molar-refractivity contribution in [2.45, 2.75) is 44.9 Å². The van der Waals surface area contributed by atoms with Crippen LogP contribution in [0.2, 0.25) is 10.0 Å². The lowest BCUT2D eigenvalue weighted by Gasteiger charge is -2.14. The third-order valence-corrected chi connectivity index (χ3v) is 6.73. The highest BCUT2D eigenvalue weighted by molar-refractivity contribution is 6.33. The molecule has 244 valence electrons. The zero-order valence-electron chi connectivity index (χ0n) is 24.8. The standard InChI is InChI=1S/C14H20ClN5O.C10H13ClN4O2.C5H10.ClH/c15-13-6-2-1-5-12(13)11-17-18-14(16)19-21-10-9-20-7-3-4-8-20;11-9-4-2-1-3-8(9)7-13-14-10(12)15-17-6-5-16;1-2-4-5-3-1;/h1-2,5-6,11H,3-4,7-10H2,(H3,16,18,19);1-4,7,16H,5-6H2,(H3,12,14,15);1-5H2;1H/b17-11+;13-7+;;. The normalized spacial score (nSPS) is 15.3. The lowest BCUT2D eigenvalue weighted by molar-refractivity contribution is 0.0525. The van der Waals surface area contributed by atoms with Gasteiger partial charge in [0.15, 0.2) is 0 Å². The minimum absolute atomic E-state index is 0. The smallest absolute Gasteiger partial charge is 0.237 e. The molecule has 1 heterocycles. The third-order valence-electron chi connectivity index (χ3n) is 6.04. The van der Waals surface area contributed by atoms with Gasteiger partial charge in [0.25, 0.3) is 0 Å². The molecule has 2 aromatic rings. The van der Waals surface area contributed by atoms with E-state index in [1.165, 1.54) is 51.2 Å². The summed E-state index contributed by atoms with van der Waals surface area (Å²) in [6.07, 6.45) is 13.1. The Labute approximate surface area is 275 Å². The highest BCUT2D eigenvalue weighted by atomic mass is 35.5. The fraction of sp³-hybridized carbons (Fsp3) is 0.448. The Morgan fingerprint density at radius 2 is 1.18 bits per heavy atom. The van der Waals surface area contributed by atoms with Gasteiger partial charge in [-0.25, -0.2) is 11.0 Å². The van der Waals surface area contributed by atoms with E-state index in [9.17, 15) is 0 Å². The molecule has 15 heteroatoms. The quantitative estimate of drug-likeness (QED) is 0.101. The molecule has 2 aliphatic rings. The van der Waals surface area contributed by atoms with Gasteiger partial charge in [-0.05, 0) is 38.1 Å². The molecular weight excluding hydrogens is 629 g/mol. The summed E-state index contributed by atoms with van der Waals surface area (Å²) in [4.78, 5) is 12.3. The average Bonchev–Trinajstić information content (AvgIpc) is 3.76. The van der Waals surface area contributed by atoms with E-state index in [1.54, 1.807) is 24.4 Å². The van der Waals surface area contributed by atoms with Gasteiger partial charge in [0.1, 0.15) is 0 Å². The van der Waals surface area contributed by atoms with Gasteiger partial charge in [0.2, 0.25) is 11.9 Å². The molecule has 0 spiro atoms. The van der Waals surface area contributed by atoms with Crippen molar-refractivity contribution in [3.63, 3.8) is 0 Å². The SMILES string of the molecule is C1CCCC1.Cl.NC(=N/N=C/c1ccccc1Cl)NOCCN1CCCC1.NC(=N/N=C/c1ccccc1Cl)NOCCO. The predicted octanol–water partition coefficient (Wildman–Crippen LogP) is 4.48. The summed E-state index contributed by atoms with van der Waals surface area (Å²) in [6.45, 7) is 3.76. The van der Waals surface area contributed by atoms with E-state index in [0.717, 1.165) is 30.8 Å². The topological polar surface area (TPSA) is 167 Å². The van der Waals surface area contributed by atoms with Crippen LogP contribution >= 0.6 is 35.6 Å². The summed E-state index contributed by atoms with van der Waals surface area (Å²) in [5.74, 6) is 0.0986. The second kappa shape index (κ2) is 25.4. The van der Waals surface area contributed by atoms with Crippen LogP contribution in [0.15, 0.2) is 68.9 Å². The number of halogens is 3. The first kappa shape index (κ1) is 39.1. The van der Waals surface area contributed by atoms with E-state index in [2.05, 4.69) is 36.3 Å². The van der Waals surface area contributed by atoms with E-state index in [-0.39, 0.29) is 37.5 Å². The number of likely N-dealkylation sites (tertiary alicyclic amines) is 1. The van der Waals surface area contributed by atoms with E-state index in [0.29, 0.717) is 16.7 Å². The number of hydrogen-bond acceptors (Lipinski definition) is 8. The maximum atomic E-state index is 8.44. The molecule has 1 aliphatic carbocycles. The van der Waals surface area contributed by atoms with Crippen molar-refractivity contribution in [2.75, 3.05) is 39.5 Å². The predicted molar refractivity (Wildman–Crippen MR) is 183 cm³/mol. The largest absolute Gasteiger partial charge is 0.394 e. The lowest BCUT2D eigenvalue weighted by atomic mass is 10.2. The van der Waals surface area contributed by atoms with Crippen molar-refractivity contribution in [3.8, 4) is 0 Å². The second-order valence-electron chi connectivity index (χ2n) is 9.44. The van der Waals surface area contributed by atoms with Crippen LogP contribution in [0.1, 0.15) is 56.1 Å². The first-order valence-electron chi connectivity index (χ1n) is 14.3. The summed E-state index contributed by atoms with van der Waals surface area (Å²) < 4.78 is 0. The van der Waals surface area contributed by atoms with Crippen molar-refractivity contribution in [3.05, 3.63) is 69.7 Å². The van der Waals surface area contributed by atoms with Crippen LogP contribution < -0.4 is 22.4 Å². The fourth-order valence-electron chi connectivity index (χ4n) is 3.87. The van der Waals surface area contributed by atoms with Crippen molar-refractivity contribution < 1.29 is 14.8 Å². The molecule has 1 saturated heterocycles. The molecule has 0 aromatic heterocycles. The number of benzene rings is 2. The van der Waals surface area contributed by atoms with Gasteiger partial charge in [0, 0.05) is 27.7 Å². The molecule has 0 bridgehead atoms. The zero-order chi connectivity index (χ0) is 31.0. The minimum Gasteiger partial charge on any atom is -0.394 e. The van der Waals surface area contributed by atoms with Gasteiger partial charge < -0.3 is 21.5 Å². The summed E-state index contributed by atoms with van der Waals surface area (Å²) in [7, 11) is 0. The molecule has 44 heavy (non-hydrogen) atoms. The Bertz CT molecular complexity index is 1150. The molecule has 0 radical (unpaired) electrons. The molecule has 0 atom stereocenters. The highest BCUT2D eigenvalue weighted by Crippen LogP contribution is 2.15. The van der Waals surface area contributed by atoms with E-state index in [4.69, 9.17) is 49.5 Å². The fourth-order valence-corrected chi connectivity index (χ4v) is 4.24. The summed E-state index contributed by atoms with van der Waals surface area (Å²) in [5.41, 5.74) is 17.4. The van der Waals surface area contributed by atoms with Crippen molar-refractivity contribution in [1.82, 2.24) is 15.9 Å². The van der Waals surface area contributed by atoms with Gasteiger partial charge in [-0.15, -0.1) is 22.6 Å². The Morgan fingerprint density at radius 3 is 1.61 bits per heavy atom. The van der Waals surface area contributed by atoms with Gasteiger partial charge in [-0.3, -0.25) is 9.68 Å². The minimum atomic E-state index is -0.108. The number of aliphatic hydroxyl groups excluding tert-OH is 1. The highest BCUT2D eigenvalue weighted by Gasteiger charge is 2.10. The molecule has 0 unspecified atom stereocenters. The average molecular weight is 673 g/mol. The molecule has 1 aliphatic heterocycles. The number of rotatable bonds is 11. The van der Waals surface area contributed by atoms with Crippen LogP contribution in [0.3, 0.4) is 0 Å². The van der Waals surface area contributed by atoms with E-state index in [1.807, 2.05) is 30.3 Å². The zero-order valence-corrected chi connectivity index (χ0v) is 27.1. The van der Waals surface area contributed by atoms with Crippen LogP contribution in [0.25, 0.3) is 0 Å². The second-order valence-corrected chi connectivity index (χ2v) is 10.3. The number of nitrogens with two attached hydrogens (primary N) is 2. The van der Waals surface area contributed by atoms with Gasteiger partial charge in [-0.2, -0.15) is 10.2 Å². The van der Waals surface area contributed by atoms with Crippen LogP contribution in [-0.2, 0) is 9.68 Å². The number of nitrogens with zero attached hydrogens (tertiary/aromatic N) is 5. The number of nitrogens with one attached hydrogen (secondary N) is 2. The van der Waals surface area contributed by atoms with Crippen LogP contribution in [0.5, 0.6) is 0 Å². The lowest BCUT2D eigenvalue weighted by Crippen LogP contribution is -2.34. The molecule has 7 N–H and O–H groups in total. The van der Waals surface area contributed by atoms with Gasteiger partial charge in [-0.1, -0.05) is 91.7 Å². The monoisotopic (exact) mass is 671 g/mol. The van der Waals surface area contributed by atoms with Crippen molar-refractivity contribution >= 4 is 60.0 Å². The van der Waals surface area contributed by atoms with Gasteiger partial charge in [0.05, 0.1) is 32.2 Å². The maximum Gasteiger partial charge on any atom is 0.237 e. The van der Waals surface area contributed by atoms with Gasteiger partial charge >= 0.3 is 0 Å². The summed E-state index contributed by atoms with van der Waals surface area (Å²) in [5, 5.41) is 24.6. The molecule has 1 saturated carbocycles. The Hall–Kier alpha value is -2.97. The number of hydrogen-bond donors (Lipinski definition) is 5. The van der Waals surface area contributed by atoms with Crippen molar-refractivity contribution in [2.24, 2.45) is 31.9 Å². The summed E-state index contributed by atoms with van der Waals surface area (Å²) in [6, 6.07) is 14.6. The molecule has 0 amide bonds. The van der Waals surface area contributed by atoms with E-state index >= 15 is 0 Å². The first-order valence-corrected chi connectivity index (χ1v) is 15.1. The molecule has 2 fully saturated rings. The first-order chi connectivity index (χ1) is 21.0. The molecule has 2 aromatic carbocycles.